The predicted molar refractivity (Wildman–Crippen MR) is 142 cm³/mol. The van der Waals surface area contributed by atoms with Crippen LogP contribution in [0.2, 0.25) is 0 Å². The lowest BCUT2D eigenvalue weighted by Crippen LogP contribution is -2.33. The van der Waals surface area contributed by atoms with E-state index in [0.717, 1.165) is 28.9 Å². The first-order valence-corrected chi connectivity index (χ1v) is 14.1. The summed E-state index contributed by atoms with van der Waals surface area (Å²) in [6.07, 6.45) is 0.771. The molecule has 0 radical (unpaired) electrons. The van der Waals surface area contributed by atoms with Gasteiger partial charge in [0.05, 0.1) is 21.7 Å². The van der Waals surface area contributed by atoms with Gasteiger partial charge in [-0.05, 0) is 76.4 Å². The van der Waals surface area contributed by atoms with Crippen molar-refractivity contribution in [3.63, 3.8) is 0 Å². The largest absolute Gasteiger partial charge is 0.494 e. The molecule has 0 unspecified atom stereocenters. The van der Waals surface area contributed by atoms with Crippen LogP contribution in [0.25, 0.3) is 10.2 Å². The molecule has 10 heteroatoms. The highest BCUT2D eigenvalue weighted by molar-refractivity contribution is 7.89. The molecular weight excluding hydrogens is 484 g/mol. The minimum absolute atomic E-state index is 0.181. The highest BCUT2D eigenvalue weighted by Crippen LogP contribution is 2.32. The van der Waals surface area contributed by atoms with E-state index in [0.29, 0.717) is 36.9 Å². The Morgan fingerprint density at radius 1 is 1.00 bits per heavy atom. The molecule has 8 nitrogen and oxygen atoms in total. The molecule has 190 valence electrons. The smallest absolute Gasteiger partial charge is 0.260 e. The summed E-state index contributed by atoms with van der Waals surface area (Å²) in [5.41, 5.74) is 1.22. The second-order valence-corrected chi connectivity index (χ2v) is 11.2. The molecule has 0 saturated heterocycles. The van der Waals surface area contributed by atoms with Gasteiger partial charge in [0.15, 0.2) is 5.13 Å². The Kier molecular flexibility index (Phi) is 9.23. The summed E-state index contributed by atoms with van der Waals surface area (Å²) >= 11 is 1.44. The van der Waals surface area contributed by atoms with Crippen molar-refractivity contribution in [2.24, 2.45) is 0 Å². The fraction of sp³-hybridized carbons (Fsp3) is 0.440. The third-order valence-corrected chi connectivity index (χ3v) is 8.67. The quantitative estimate of drug-likeness (QED) is 0.355. The van der Waals surface area contributed by atoms with Gasteiger partial charge in [0.1, 0.15) is 5.75 Å². The Hall–Kier alpha value is -2.53. The predicted octanol–water partition coefficient (Wildman–Crippen LogP) is 4.32. The number of nitrogens with zero attached hydrogens (tertiary/aromatic N) is 4. The Balaban J connectivity index is 1.92. The van der Waals surface area contributed by atoms with Crippen LogP contribution in [0.4, 0.5) is 5.13 Å². The second kappa shape index (κ2) is 11.9. The summed E-state index contributed by atoms with van der Waals surface area (Å²) in [6, 6.07) is 11.9. The van der Waals surface area contributed by atoms with E-state index < -0.39 is 10.0 Å². The van der Waals surface area contributed by atoms with Crippen LogP contribution >= 0.6 is 11.3 Å². The summed E-state index contributed by atoms with van der Waals surface area (Å²) < 4.78 is 33.6. The van der Waals surface area contributed by atoms with Gasteiger partial charge in [0.2, 0.25) is 10.0 Å². The first kappa shape index (κ1) is 27.1. The number of aromatic nitrogens is 1. The first-order valence-electron chi connectivity index (χ1n) is 11.8. The lowest BCUT2D eigenvalue weighted by Gasteiger charge is -2.22. The number of anilines is 1. The number of hydrogen-bond acceptors (Lipinski definition) is 7. The van der Waals surface area contributed by atoms with Gasteiger partial charge in [0.25, 0.3) is 5.91 Å². The second-order valence-electron chi connectivity index (χ2n) is 8.29. The van der Waals surface area contributed by atoms with Crippen LogP contribution in [-0.2, 0) is 10.0 Å². The normalized spacial score (nSPS) is 12.0. The number of carbonyl (C=O) groups is 1. The van der Waals surface area contributed by atoms with Gasteiger partial charge in [-0.1, -0.05) is 25.2 Å². The number of fused-ring (bicyclic) bond motifs is 1. The maximum absolute atomic E-state index is 13.6. The number of benzene rings is 2. The molecule has 0 bridgehead atoms. The van der Waals surface area contributed by atoms with Crippen molar-refractivity contribution in [1.29, 1.82) is 0 Å². The van der Waals surface area contributed by atoms with Crippen LogP contribution in [0.3, 0.4) is 0 Å². The summed E-state index contributed by atoms with van der Waals surface area (Å²) in [7, 11) is 0.403. The SMILES string of the molecule is CCOc1ccc2nc(N(CCCN(C)C)C(=O)c3ccc(S(=O)(=O)N(CC)CC)cc3)sc2c1. The summed E-state index contributed by atoms with van der Waals surface area (Å²) in [4.78, 5) is 22.2. The third kappa shape index (κ3) is 6.38. The molecule has 0 aliphatic heterocycles. The lowest BCUT2D eigenvalue weighted by molar-refractivity contribution is 0.0986. The van der Waals surface area contributed by atoms with E-state index in [-0.39, 0.29) is 10.8 Å². The fourth-order valence-electron chi connectivity index (χ4n) is 3.73. The van der Waals surface area contributed by atoms with E-state index >= 15 is 0 Å². The van der Waals surface area contributed by atoms with Crippen LogP contribution in [0.15, 0.2) is 47.4 Å². The van der Waals surface area contributed by atoms with Crippen molar-refractivity contribution >= 4 is 42.6 Å². The molecule has 2 aromatic carbocycles. The average Bonchev–Trinajstić information content (AvgIpc) is 3.25. The summed E-state index contributed by atoms with van der Waals surface area (Å²) in [5.74, 6) is 0.560. The Morgan fingerprint density at radius 2 is 1.69 bits per heavy atom. The maximum Gasteiger partial charge on any atom is 0.260 e. The fourth-order valence-corrected chi connectivity index (χ4v) is 6.21. The maximum atomic E-state index is 13.6. The van der Waals surface area contributed by atoms with Crippen LogP contribution in [0.1, 0.15) is 37.6 Å². The number of sulfonamides is 1. The molecular formula is C25H34N4O4S2. The van der Waals surface area contributed by atoms with Gasteiger partial charge in [-0.3, -0.25) is 9.69 Å². The Morgan fingerprint density at radius 3 is 2.29 bits per heavy atom. The van der Waals surface area contributed by atoms with Gasteiger partial charge >= 0.3 is 0 Å². The Labute approximate surface area is 212 Å². The molecule has 0 spiro atoms. The van der Waals surface area contributed by atoms with Crippen LogP contribution in [0, 0.1) is 0 Å². The molecule has 35 heavy (non-hydrogen) atoms. The average molecular weight is 519 g/mol. The number of rotatable bonds is 12. The van der Waals surface area contributed by atoms with E-state index in [1.165, 1.54) is 27.8 Å². The third-order valence-electron chi connectivity index (χ3n) is 5.57. The van der Waals surface area contributed by atoms with E-state index in [4.69, 9.17) is 9.72 Å². The van der Waals surface area contributed by atoms with Crippen LogP contribution in [0.5, 0.6) is 5.75 Å². The summed E-state index contributed by atoms with van der Waals surface area (Å²) in [5, 5.41) is 0.609. The van der Waals surface area contributed by atoms with Crippen LogP contribution < -0.4 is 9.64 Å². The molecule has 0 aliphatic carbocycles. The number of thiazole rings is 1. The first-order chi connectivity index (χ1) is 16.7. The van der Waals surface area contributed by atoms with E-state index in [1.54, 1.807) is 30.9 Å². The zero-order chi connectivity index (χ0) is 25.6. The molecule has 0 N–H and O–H groups in total. The molecule has 0 saturated carbocycles. The van der Waals surface area contributed by atoms with Gasteiger partial charge in [-0.25, -0.2) is 13.4 Å². The minimum Gasteiger partial charge on any atom is -0.494 e. The van der Waals surface area contributed by atoms with Crippen molar-refractivity contribution in [2.75, 3.05) is 51.8 Å². The molecule has 1 heterocycles. The van der Waals surface area contributed by atoms with Gasteiger partial charge in [-0.2, -0.15) is 4.31 Å². The van der Waals surface area contributed by atoms with Crippen LogP contribution in [-0.4, -0.2) is 75.4 Å². The van der Waals surface area contributed by atoms with Gasteiger partial charge in [-0.15, -0.1) is 0 Å². The number of hydrogen-bond donors (Lipinski definition) is 0. The van der Waals surface area contributed by atoms with Crippen molar-refractivity contribution in [1.82, 2.24) is 14.2 Å². The van der Waals surface area contributed by atoms with Gasteiger partial charge < -0.3 is 9.64 Å². The summed E-state index contributed by atoms with van der Waals surface area (Å²) in [6.45, 7) is 8.22. The van der Waals surface area contributed by atoms with E-state index in [2.05, 4.69) is 4.90 Å². The molecule has 1 amide bonds. The zero-order valence-corrected chi connectivity index (χ0v) is 22.7. The highest BCUT2D eigenvalue weighted by atomic mass is 32.2. The van der Waals surface area contributed by atoms with Crippen molar-refractivity contribution in [3.8, 4) is 5.75 Å². The molecule has 3 aromatic rings. The monoisotopic (exact) mass is 518 g/mol. The van der Waals surface area contributed by atoms with Crippen molar-refractivity contribution in [2.45, 2.75) is 32.1 Å². The van der Waals surface area contributed by atoms with Crippen molar-refractivity contribution < 1.29 is 17.9 Å². The highest BCUT2D eigenvalue weighted by Gasteiger charge is 2.24. The van der Waals surface area contributed by atoms with E-state index in [1.807, 2.05) is 39.2 Å². The molecule has 0 atom stereocenters. The zero-order valence-electron chi connectivity index (χ0n) is 21.0. The Bertz CT molecular complexity index is 1240. The molecule has 1 aromatic heterocycles. The molecule has 0 aliphatic rings. The standard InChI is InChI=1S/C25H34N4O4S2/c1-6-28(7-2)35(31,32)21-13-10-19(11-14-21)24(30)29(17-9-16-27(4)5)25-26-22-15-12-20(33-8-3)18-23(22)34-25/h10-15,18H,6-9,16-17H2,1-5H3. The number of carbonyl (C=O) groups excluding carboxylic acids is 1. The number of amides is 1. The topological polar surface area (TPSA) is 83.0 Å². The minimum atomic E-state index is -3.59. The van der Waals surface area contributed by atoms with E-state index in [9.17, 15) is 13.2 Å². The lowest BCUT2D eigenvalue weighted by atomic mass is 10.2. The number of ether oxygens (including phenoxy) is 1. The van der Waals surface area contributed by atoms with Gasteiger partial charge in [0, 0.05) is 25.2 Å². The molecule has 3 rings (SSSR count). The van der Waals surface area contributed by atoms with Crippen molar-refractivity contribution in [3.05, 3.63) is 48.0 Å². The molecule has 0 fully saturated rings.